The van der Waals surface area contributed by atoms with Crippen molar-refractivity contribution in [3.63, 3.8) is 0 Å². The highest BCUT2D eigenvalue weighted by molar-refractivity contribution is 7.99. The van der Waals surface area contributed by atoms with Gasteiger partial charge in [0.2, 0.25) is 0 Å². The number of benzene rings is 2. The molecule has 4 rings (SSSR count). The van der Waals surface area contributed by atoms with E-state index in [-0.39, 0.29) is 17.2 Å². The maximum atomic E-state index is 14.2. The molecule has 2 heterocycles. The molecule has 0 fully saturated rings. The number of hydrogen-bond acceptors (Lipinski definition) is 5. The van der Waals surface area contributed by atoms with Gasteiger partial charge in [0.25, 0.3) is 5.91 Å². The summed E-state index contributed by atoms with van der Waals surface area (Å²) in [5.41, 5.74) is 1.77. The van der Waals surface area contributed by atoms with E-state index in [1.807, 2.05) is 42.5 Å². The Kier molecular flexibility index (Phi) is 6.11. The van der Waals surface area contributed by atoms with Gasteiger partial charge < -0.3 is 0 Å². The first-order chi connectivity index (χ1) is 14.5. The molecule has 1 amide bonds. The molecule has 0 atom stereocenters. The number of hydrogen-bond donors (Lipinski definition) is 0. The second-order valence-electron chi connectivity index (χ2n) is 7.02. The summed E-state index contributed by atoms with van der Waals surface area (Å²) >= 11 is 3.05. The zero-order valence-electron chi connectivity index (χ0n) is 16.6. The van der Waals surface area contributed by atoms with E-state index < -0.39 is 0 Å². The molecule has 152 valence electrons. The number of amides is 1. The Morgan fingerprint density at radius 2 is 1.83 bits per heavy atom. The van der Waals surface area contributed by atoms with Gasteiger partial charge in [-0.1, -0.05) is 31.3 Å². The quantitative estimate of drug-likeness (QED) is 0.338. The molecule has 0 saturated heterocycles. The predicted molar refractivity (Wildman–Crippen MR) is 122 cm³/mol. The SMILES string of the molecule is CC(C)Sc1ccc(C(=O)N(Cc2ccncc2)c2nc3c(F)cccc3s2)cc1. The van der Waals surface area contributed by atoms with Crippen LogP contribution in [0.3, 0.4) is 0 Å². The summed E-state index contributed by atoms with van der Waals surface area (Å²) in [6.45, 7) is 4.59. The van der Waals surface area contributed by atoms with Crippen molar-refractivity contribution in [1.82, 2.24) is 9.97 Å². The van der Waals surface area contributed by atoms with Crippen LogP contribution in [0.2, 0.25) is 0 Å². The number of anilines is 1. The van der Waals surface area contributed by atoms with Gasteiger partial charge in [-0.2, -0.15) is 0 Å². The van der Waals surface area contributed by atoms with Crippen molar-refractivity contribution in [2.75, 3.05) is 4.90 Å². The number of nitrogens with zero attached hydrogens (tertiary/aromatic N) is 3. The Bertz CT molecular complexity index is 1160. The molecular weight excluding hydrogens is 417 g/mol. The fourth-order valence-electron chi connectivity index (χ4n) is 3.02. The highest BCUT2D eigenvalue weighted by Crippen LogP contribution is 2.32. The summed E-state index contributed by atoms with van der Waals surface area (Å²) in [6, 6.07) is 16.1. The molecule has 0 aliphatic heterocycles. The first-order valence-electron chi connectivity index (χ1n) is 9.54. The number of carbonyl (C=O) groups excluding carboxylic acids is 1. The Morgan fingerprint density at radius 1 is 1.10 bits per heavy atom. The molecule has 0 saturated carbocycles. The minimum Gasteiger partial charge on any atom is -0.279 e. The van der Waals surface area contributed by atoms with Crippen LogP contribution in [0.1, 0.15) is 29.8 Å². The largest absolute Gasteiger partial charge is 0.279 e. The number of aromatic nitrogens is 2. The van der Waals surface area contributed by atoms with E-state index in [4.69, 9.17) is 0 Å². The Balaban J connectivity index is 1.70. The molecule has 0 aliphatic carbocycles. The van der Waals surface area contributed by atoms with Crippen LogP contribution in [0.5, 0.6) is 0 Å². The van der Waals surface area contributed by atoms with Gasteiger partial charge in [0.1, 0.15) is 11.3 Å². The van der Waals surface area contributed by atoms with Crippen LogP contribution in [-0.2, 0) is 6.54 Å². The maximum absolute atomic E-state index is 14.2. The zero-order valence-corrected chi connectivity index (χ0v) is 18.2. The maximum Gasteiger partial charge on any atom is 0.260 e. The van der Waals surface area contributed by atoms with Gasteiger partial charge in [-0.3, -0.25) is 14.7 Å². The highest BCUT2D eigenvalue weighted by atomic mass is 32.2. The first-order valence-corrected chi connectivity index (χ1v) is 11.2. The summed E-state index contributed by atoms with van der Waals surface area (Å²) in [7, 11) is 0. The molecule has 0 bridgehead atoms. The van der Waals surface area contributed by atoms with Crippen molar-refractivity contribution >= 4 is 44.4 Å². The normalized spacial score (nSPS) is 11.2. The number of pyridine rings is 1. The molecule has 0 unspecified atom stereocenters. The fraction of sp³-hybridized carbons (Fsp3) is 0.174. The van der Waals surface area contributed by atoms with Gasteiger partial charge in [0.15, 0.2) is 5.13 Å². The van der Waals surface area contributed by atoms with Gasteiger partial charge >= 0.3 is 0 Å². The number of para-hydroxylation sites is 1. The third-order valence-electron chi connectivity index (χ3n) is 4.40. The van der Waals surface area contributed by atoms with Crippen LogP contribution >= 0.6 is 23.1 Å². The van der Waals surface area contributed by atoms with Gasteiger partial charge in [0.05, 0.1) is 11.2 Å². The number of thioether (sulfide) groups is 1. The van der Waals surface area contributed by atoms with Gasteiger partial charge in [0, 0.05) is 28.1 Å². The van der Waals surface area contributed by atoms with E-state index in [0.717, 1.165) is 10.5 Å². The predicted octanol–water partition coefficient (Wildman–Crippen LogP) is 6.18. The fourth-order valence-corrected chi connectivity index (χ4v) is 4.84. The van der Waals surface area contributed by atoms with Crippen LogP contribution in [0.4, 0.5) is 9.52 Å². The van der Waals surface area contributed by atoms with Crippen LogP contribution in [0, 0.1) is 5.82 Å². The van der Waals surface area contributed by atoms with Crippen molar-refractivity contribution < 1.29 is 9.18 Å². The number of thiazole rings is 1. The van der Waals surface area contributed by atoms with Crippen molar-refractivity contribution in [3.8, 4) is 0 Å². The minimum atomic E-state index is -0.388. The Hall–Kier alpha value is -2.77. The molecule has 7 heteroatoms. The van der Waals surface area contributed by atoms with E-state index >= 15 is 0 Å². The molecule has 0 radical (unpaired) electrons. The van der Waals surface area contributed by atoms with Crippen molar-refractivity contribution in [2.24, 2.45) is 0 Å². The van der Waals surface area contributed by atoms with Crippen LogP contribution in [0.15, 0.2) is 71.9 Å². The average molecular weight is 438 g/mol. The van der Waals surface area contributed by atoms with Crippen molar-refractivity contribution in [2.45, 2.75) is 30.5 Å². The highest BCUT2D eigenvalue weighted by Gasteiger charge is 2.22. The van der Waals surface area contributed by atoms with E-state index in [0.29, 0.717) is 27.2 Å². The van der Waals surface area contributed by atoms with Crippen molar-refractivity contribution in [3.05, 3.63) is 83.9 Å². The monoisotopic (exact) mass is 437 g/mol. The van der Waals surface area contributed by atoms with E-state index in [9.17, 15) is 9.18 Å². The third-order valence-corrected chi connectivity index (χ3v) is 6.46. The number of rotatable bonds is 6. The Labute approximate surface area is 182 Å². The lowest BCUT2D eigenvalue weighted by Crippen LogP contribution is -2.30. The number of halogens is 1. The van der Waals surface area contributed by atoms with Crippen LogP contribution < -0.4 is 4.90 Å². The summed E-state index contributed by atoms with van der Waals surface area (Å²) in [5.74, 6) is -0.561. The van der Waals surface area contributed by atoms with Crippen molar-refractivity contribution in [1.29, 1.82) is 0 Å². The molecule has 0 spiro atoms. The minimum absolute atomic E-state index is 0.174. The molecular formula is C23H20FN3OS2. The lowest BCUT2D eigenvalue weighted by Gasteiger charge is -2.20. The number of carbonyl (C=O) groups is 1. The summed E-state index contributed by atoms with van der Waals surface area (Å²) in [5, 5.41) is 0.935. The summed E-state index contributed by atoms with van der Waals surface area (Å²) < 4.78 is 14.9. The second kappa shape index (κ2) is 8.93. The van der Waals surface area contributed by atoms with Gasteiger partial charge in [-0.25, -0.2) is 9.37 Å². The molecule has 2 aromatic heterocycles. The Morgan fingerprint density at radius 3 is 2.50 bits per heavy atom. The second-order valence-corrected chi connectivity index (χ2v) is 9.68. The van der Waals surface area contributed by atoms with Gasteiger partial charge in [-0.05, 0) is 54.1 Å². The molecule has 0 aliphatic rings. The molecule has 2 aromatic carbocycles. The standard InChI is InChI=1S/C23H20FN3OS2/c1-15(2)29-18-8-6-17(7-9-18)22(28)27(14-16-10-12-25-13-11-16)23-26-21-19(24)4-3-5-20(21)30-23/h3-13,15H,14H2,1-2H3. The molecule has 30 heavy (non-hydrogen) atoms. The van der Waals surface area contributed by atoms with E-state index in [1.165, 1.54) is 17.4 Å². The first kappa shape index (κ1) is 20.5. The lowest BCUT2D eigenvalue weighted by molar-refractivity contribution is 0.0985. The zero-order chi connectivity index (χ0) is 21.1. The van der Waals surface area contributed by atoms with Gasteiger partial charge in [-0.15, -0.1) is 11.8 Å². The smallest absolute Gasteiger partial charge is 0.260 e. The average Bonchev–Trinajstić information content (AvgIpc) is 3.18. The van der Waals surface area contributed by atoms with Crippen LogP contribution in [-0.4, -0.2) is 21.1 Å². The topological polar surface area (TPSA) is 46.1 Å². The lowest BCUT2D eigenvalue weighted by atomic mass is 10.2. The molecule has 4 aromatic rings. The number of fused-ring (bicyclic) bond motifs is 1. The summed E-state index contributed by atoms with van der Waals surface area (Å²) in [6.07, 6.45) is 3.38. The summed E-state index contributed by atoms with van der Waals surface area (Å²) in [4.78, 5) is 24.6. The molecule has 4 nitrogen and oxygen atoms in total. The third kappa shape index (κ3) is 4.52. The van der Waals surface area contributed by atoms with E-state index in [2.05, 4.69) is 23.8 Å². The van der Waals surface area contributed by atoms with Crippen LogP contribution in [0.25, 0.3) is 10.2 Å². The van der Waals surface area contributed by atoms with E-state index in [1.54, 1.807) is 35.1 Å². The molecule has 0 N–H and O–H groups in total.